The number of nitrogens with one attached hydrogen (secondary N) is 1. The van der Waals surface area contributed by atoms with Crippen LogP contribution in [0.4, 0.5) is 0 Å². The number of rotatable bonds is 8. The van der Waals surface area contributed by atoms with Crippen LogP contribution in [0.5, 0.6) is 0 Å². The van der Waals surface area contributed by atoms with E-state index in [9.17, 15) is 9.59 Å². The third-order valence-corrected chi connectivity index (χ3v) is 5.76. The smallest absolute Gasteiger partial charge is 0.243 e. The molecule has 29 heavy (non-hydrogen) atoms. The summed E-state index contributed by atoms with van der Waals surface area (Å²) in [7, 11) is 0. The molecule has 2 amide bonds. The molecular weight excluding hydrogens is 384 g/mol. The predicted octanol–water partition coefficient (Wildman–Crippen LogP) is 4.75. The quantitative estimate of drug-likeness (QED) is 0.680. The lowest BCUT2D eigenvalue weighted by atomic mass is 10.1. The van der Waals surface area contributed by atoms with Gasteiger partial charge in [-0.1, -0.05) is 73.8 Å². The first-order valence-corrected chi connectivity index (χ1v) is 10.8. The number of benzene rings is 2. The van der Waals surface area contributed by atoms with Gasteiger partial charge in [-0.25, -0.2) is 0 Å². The lowest BCUT2D eigenvalue weighted by Crippen LogP contribution is -2.51. The molecule has 4 nitrogen and oxygen atoms in total. The van der Waals surface area contributed by atoms with Gasteiger partial charge in [0.05, 0.1) is 6.42 Å². The average Bonchev–Trinajstić information content (AvgIpc) is 3.21. The van der Waals surface area contributed by atoms with E-state index in [-0.39, 0.29) is 24.3 Å². The molecule has 2 aromatic carbocycles. The standard InChI is InChI=1S/C24H29ClN2O2/c1-2-22(24(29)26-21-13-6-7-14-21)27(17-18-9-4-3-5-10-18)23(28)16-19-11-8-12-20(25)15-19/h3-5,8-12,15,21-22H,2,6-7,13-14,16-17H2,1H3,(H,26,29)/t22-/m1/s1. The third kappa shape index (κ3) is 6.07. The lowest BCUT2D eigenvalue weighted by Gasteiger charge is -2.31. The number of carbonyl (C=O) groups is 2. The Hall–Kier alpha value is -2.33. The number of nitrogens with zero attached hydrogens (tertiary/aromatic N) is 1. The van der Waals surface area contributed by atoms with E-state index in [0.29, 0.717) is 18.0 Å². The summed E-state index contributed by atoms with van der Waals surface area (Å²) in [5.74, 6) is -0.112. The highest BCUT2D eigenvalue weighted by Crippen LogP contribution is 2.20. The molecule has 154 valence electrons. The van der Waals surface area contributed by atoms with Crippen LogP contribution in [0.2, 0.25) is 5.02 Å². The molecule has 0 aliphatic heterocycles. The third-order valence-electron chi connectivity index (χ3n) is 5.53. The van der Waals surface area contributed by atoms with E-state index in [1.807, 2.05) is 49.4 Å². The van der Waals surface area contributed by atoms with Gasteiger partial charge in [-0.05, 0) is 42.5 Å². The summed E-state index contributed by atoms with van der Waals surface area (Å²) in [4.78, 5) is 28.0. The predicted molar refractivity (Wildman–Crippen MR) is 117 cm³/mol. The molecule has 3 rings (SSSR count). The van der Waals surface area contributed by atoms with Crippen LogP contribution in [-0.4, -0.2) is 28.8 Å². The van der Waals surface area contributed by atoms with Crippen LogP contribution in [0.3, 0.4) is 0 Å². The van der Waals surface area contributed by atoms with E-state index in [0.717, 1.165) is 36.8 Å². The number of carbonyl (C=O) groups excluding carboxylic acids is 2. The van der Waals surface area contributed by atoms with Crippen molar-refractivity contribution in [3.05, 3.63) is 70.7 Å². The van der Waals surface area contributed by atoms with Crippen molar-refractivity contribution in [3.63, 3.8) is 0 Å². The highest BCUT2D eigenvalue weighted by atomic mass is 35.5. The molecule has 2 aromatic rings. The Morgan fingerprint density at radius 2 is 1.76 bits per heavy atom. The maximum Gasteiger partial charge on any atom is 0.243 e. The minimum absolute atomic E-state index is 0.0465. The maximum absolute atomic E-state index is 13.3. The Morgan fingerprint density at radius 3 is 2.41 bits per heavy atom. The Morgan fingerprint density at radius 1 is 1.07 bits per heavy atom. The van der Waals surface area contributed by atoms with E-state index in [4.69, 9.17) is 11.6 Å². The van der Waals surface area contributed by atoms with Crippen molar-refractivity contribution in [1.29, 1.82) is 0 Å². The highest BCUT2D eigenvalue weighted by molar-refractivity contribution is 6.30. The van der Waals surface area contributed by atoms with Crippen LogP contribution in [0.25, 0.3) is 0 Å². The van der Waals surface area contributed by atoms with Gasteiger partial charge in [-0.3, -0.25) is 9.59 Å². The fraction of sp³-hybridized carbons (Fsp3) is 0.417. The van der Waals surface area contributed by atoms with Crippen LogP contribution in [0.1, 0.15) is 50.2 Å². The topological polar surface area (TPSA) is 49.4 Å². The molecule has 0 bridgehead atoms. The summed E-state index contributed by atoms with van der Waals surface area (Å²) >= 11 is 6.08. The molecule has 1 N–H and O–H groups in total. The molecule has 1 saturated carbocycles. The van der Waals surface area contributed by atoms with Gasteiger partial charge in [0.2, 0.25) is 11.8 Å². The average molecular weight is 413 g/mol. The van der Waals surface area contributed by atoms with Crippen LogP contribution in [0, 0.1) is 0 Å². The zero-order valence-corrected chi connectivity index (χ0v) is 17.7. The van der Waals surface area contributed by atoms with Gasteiger partial charge < -0.3 is 10.2 Å². The molecular formula is C24H29ClN2O2. The van der Waals surface area contributed by atoms with Crippen LogP contribution in [-0.2, 0) is 22.6 Å². The second-order valence-electron chi connectivity index (χ2n) is 7.73. The van der Waals surface area contributed by atoms with E-state index in [1.165, 1.54) is 0 Å². The number of hydrogen-bond acceptors (Lipinski definition) is 2. The van der Waals surface area contributed by atoms with Crippen LogP contribution < -0.4 is 5.32 Å². The molecule has 0 heterocycles. The number of halogens is 1. The van der Waals surface area contributed by atoms with Gasteiger partial charge in [0.1, 0.15) is 6.04 Å². The molecule has 0 radical (unpaired) electrons. The molecule has 0 saturated heterocycles. The Labute approximate surface area is 178 Å². The zero-order chi connectivity index (χ0) is 20.6. The van der Waals surface area contributed by atoms with Gasteiger partial charge in [0, 0.05) is 17.6 Å². The fourth-order valence-electron chi connectivity index (χ4n) is 3.99. The monoisotopic (exact) mass is 412 g/mol. The first-order valence-electron chi connectivity index (χ1n) is 10.4. The number of amides is 2. The van der Waals surface area contributed by atoms with Crippen molar-refractivity contribution < 1.29 is 9.59 Å². The van der Waals surface area contributed by atoms with Gasteiger partial charge in [-0.2, -0.15) is 0 Å². The fourth-order valence-corrected chi connectivity index (χ4v) is 4.20. The summed E-state index contributed by atoms with van der Waals surface area (Å²) in [5.41, 5.74) is 1.87. The minimum Gasteiger partial charge on any atom is -0.352 e. The van der Waals surface area contributed by atoms with E-state index < -0.39 is 6.04 Å². The molecule has 1 atom stereocenters. The zero-order valence-electron chi connectivity index (χ0n) is 16.9. The second kappa shape index (κ2) is 10.4. The molecule has 5 heteroatoms. The van der Waals surface area contributed by atoms with Crippen molar-refractivity contribution in [1.82, 2.24) is 10.2 Å². The summed E-state index contributed by atoms with van der Waals surface area (Å²) in [6.45, 7) is 2.38. The molecule has 1 aliphatic carbocycles. The van der Waals surface area contributed by atoms with E-state index >= 15 is 0 Å². The largest absolute Gasteiger partial charge is 0.352 e. The van der Waals surface area contributed by atoms with Crippen LogP contribution >= 0.6 is 11.6 Å². The van der Waals surface area contributed by atoms with E-state index in [1.54, 1.807) is 17.0 Å². The molecule has 0 unspecified atom stereocenters. The van der Waals surface area contributed by atoms with Crippen molar-refractivity contribution in [2.45, 2.75) is 64.1 Å². The first-order chi connectivity index (χ1) is 14.1. The molecule has 1 aliphatic rings. The summed E-state index contributed by atoms with van der Waals surface area (Å²) in [6.07, 6.45) is 5.16. The van der Waals surface area contributed by atoms with Gasteiger partial charge in [-0.15, -0.1) is 0 Å². The SMILES string of the molecule is CC[C@H](C(=O)NC1CCCC1)N(Cc1ccccc1)C(=O)Cc1cccc(Cl)c1. The second-order valence-corrected chi connectivity index (χ2v) is 8.16. The van der Waals surface area contributed by atoms with Crippen molar-refractivity contribution >= 4 is 23.4 Å². The maximum atomic E-state index is 13.3. The minimum atomic E-state index is -0.484. The summed E-state index contributed by atoms with van der Waals surface area (Å²) < 4.78 is 0. The van der Waals surface area contributed by atoms with Crippen molar-refractivity contribution in [3.8, 4) is 0 Å². The van der Waals surface area contributed by atoms with Crippen molar-refractivity contribution in [2.75, 3.05) is 0 Å². The van der Waals surface area contributed by atoms with Crippen LogP contribution in [0.15, 0.2) is 54.6 Å². The molecule has 1 fully saturated rings. The normalized spacial score (nSPS) is 15.1. The highest BCUT2D eigenvalue weighted by Gasteiger charge is 2.30. The van der Waals surface area contributed by atoms with Crippen molar-refractivity contribution in [2.24, 2.45) is 0 Å². The summed E-state index contributed by atoms with van der Waals surface area (Å²) in [6, 6.07) is 16.9. The summed E-state index contributed by atoms with van der Waals surface area (Å²) in [5, 5.41) is 3.78. The van der Waals surface area contributed by atoms with E-state index in [2.05, 4.69) is 5.32 Å². The Kier molecular flexibility index (Phi) is 7.70. The van der Waals surface area contributed by atoms with Gasteiger partial charge in [0.25, 0.3) is 0 Å². The number of hydrogen-bond donors (Lipinski definition) is 1. The molecule has 0 spiro atoms. The Balaban J connectivity index is 1.79. The van der Waals surface area contributed by atoms with Gasteiger partial charge in [0.15, 0.2) is 0 Å². The van der Waals surface area contributed by atoms with Gasteiger partial charge >= 0.3 is 0 Å². The first kappa shape index (κ1) is 21.4. The Bertz CT molecular complexity index is 819. The molecule has 0 aromatic heterocycles. The lowest BCUT2D eigenvalue weighted by molar-refractivity contribution is -0.141.